The third-order valence-electron chi connectivity index (χ3n) is 3.56. The van der Waals surface area contributed by atoms with Crippen molar-refractivity contribution in [2.75, 3.05) is 19.0 Å². The number of carbonyl (C=O) groups excluding carboxylic acids is 2. The number of carbonyl (C=O) groups is 2. The van der Waals surface area contributed by atoms with Crippen LogP contribution in [0.1, 0.15) is 16.7 Å². The van der Waals surface area contributed by atoms with E-state index in [9.17, 15) is 9.59 Å². The molecule has 2 amide bonds. The molecule has 2 rings (SSSR count). The van der Waals surface area contributed by atoms with Crippen molar-refractivity contribution < 1.29 is 14.3 Å². The number of aryl methyl sites for hydroxylation is 2. The summed E-state index contributed by atoms with van der Waals surface area (Å²) < 4.78 is 5.21. The van der Waals surface area contributed by atoms with Gasteiger partial charge in [0.15, 0.2) is 0 Å². The zero-order valence-corrected chi connectivity index (χ0v) is 14.2. The van der Waals surface area contributed by atoms with E-state index >= 15 is 0 Å². The molecule has 2 aromatic rings. The van der Waals surface area contributed by atoms with Crippen LogP contribution in [0.15, 0.2) is 42.5 Å². The van der Waals surface area contributed by atoms with Crippen LogP contribution in [0.5, 0.6) is 5.75 Å². The fraction of sp³-hybridized carbons (Fsp3) is 0.263. The minimum atomic E-state index is -0.295. The number of ether oxygens (including phenoxy) is 1. The molecule has 0 saturated carbocycles. The van der Waals surface area contributed by atoms with Crippen molar-refractivity contribution in [2.45, 2.75) is 20.3 Å². The molecule has 126 valence electrons. The maximum Gasteiger partial charge on any atom is 0.243 e. The minimum Gasteiger partial charge on any atom is -0.495 e. The molecule has 0 aliphatic carbocycles. The van der Waals surface area contributed by atoms with Crippen LogP contribution < -0.4 is 15.4 Å². The van der Waals surface area contributed by atoms with Gasteiger partial charge < -0.3 is 15.4 Å². The highest BCUT2D eigenvalue weighted by molar-refractivity contribution is 5.96. The third kappa shape index (κ3) is 5.12. The standard InChI is InChI=1S/C19H22N2O3/c1-13-4-7-15(8-5-13)11-18(22)20-12-19(23)21-16-10-14(2)6-9-17(16)24-3/h4-10H,11-12H2,1-3H3,(H,20,22)(H,21,23). The molecule has 0 spiro atoms. The van der Waals surface area contributed by atoms with Crippen LogP contribution in [0.2, 0.25) is 0 Å². The molecule has 0 radical (unpaired) electrons. The van der Waals surface area contributed by atoms with E-state index in [0.29, 0.717) is 11.4 Å². The highest BCUT2D eigenvalue weighted by atomic mass is 16.5. The lowest BCUT2D eigenvalue weighted by Gasteiger charge is -2.11. The second kappa shape index (κ2) is 8.15. The maximum absolute atomic E-state index is 12.0. The Kier molecular flexibility index (Phi) is 5.95. The van der Waals surface area contributed by atoms with Crippen molar-refractivity contribution in [1.82, 2.24) is 5.32 Å². The average Bonchev–Trinajstić information content (AvgIpc) is 2.55. The normalized spacial score (nSPS) is 10.1. The zero-order chi connectivity index (χ0) is 17.5. The summed E-state index contributed by atoms with van der Waals surface area (Å²) in [6, 6.07) is 13.3. The Labute approximate surface area is 142 Å². The Morgan fingerprint density at radius 1 is 0.958 bits per heavy atom. The predicted molar refractivity (Wildman–Crippen MR) is 94.3 cm³/mol. The summed E-state index contributed by atoms with van der Waals surface area (Å²) in [5, 5.41) is 5.38. The van der Waals surface area contributed by atoms with Crippen molar-refractivity contribution in [3.63, 3.8) is 0 Å². The first kappa shape index (κ1) is 17.5. The van der Waals surface area contributed by atoms with Crippen LogP contribution in [0.25, 0.3) is 0 Å². The van der Waals surface area contributed by atoms with Gasteiger partial charge in [-0.2, -0.15) is 0 Å². The molecular formula is C19H22N2O3. The Bertz CT molecular complexity index is 724. The number of anilines is 1. The summed E-state index contributed by atoms with van der Waals surface area (Å²) >= 11 is 0. The maximum atomic E-state index is 12.0. The monoisotopic (exact) mass is 326 g/mol. The van der Waals surface area contributed by atoms with Crippen LogP contribution in [0.3, 0.4) is 0 Å². The quantitative estimate of drug-likeness (QED) is 0.857. The van der Waals surface area contributed by atoms with E-state index in [2.05, 4.69) is 10.6 Å². The first-order chi connectivity index (χ1) is 11.5. The summed E-state index contributed by atoms with van der Waals surface area (Å²) in [5.74, 6) is 0.0984. The number of benzene rings is 2. The fourth-order valence-corrected chi connectivity index (χ4v) is 2.25. The predicted octanol–water partition coefficient (Wildman–Crippen LogP) is 2.61. The highest BCUT2D eigenvalue weighted by Crippen LogP contribution is 2.24. The minimum absolute atomic E-state index is 0.0816. The van der Waals surface area contributed by atoms with E-state index in [1.165, 1.54) is 0 Å². The van der Waals surface area contributed by atoms with E-state index in [-0.39, 0.29) is 24.8 Å². The molecule has 0 atom stereocenters. The van der Waals surface area contributed by atoms with Crippen LogP contribution in [0, 0.1) is 13.8 Å². The SMILES string of the molecule is COc1ccc(C)cc1NC(=O)CNC(=O)Cc1ccc(C)cc1. The van der Waals surface area contributed by atoms with Gasteiger partial charge in [-0.3, -0.25) is 9.59 Å². The molecule has 0 aromatic heterocycles. The lowest BCUT2D eigenvalue weighted by atomic mass is 10.1. The van der Waals surface area contributed by atoms with Gasteiger partial charge in [-0.15, -0.1) is 0 Å². The second-order valence-electron chi connectivity index (χ2n) is 5.69. The van der Waals surface area contributed by atoms with E-state index in [1.54, 1.807) is 13.2 Å². The lowest BCUT2D eigenvalue weighted by Crippen LogP contribution is -2.33. The van der Waals surface area contributed by atoms with Crippen LogP contribution in [0.4, 0.5) is 5.69 Å². The summed E-state index contributed by atoms with van der Waals surface area (Å²) in [7, 11) is 1.55. The summed E-state index contributed by atoms with van der Waals surface area (Å²) in [5.41, 5.74) is 3.66. The van der Waals surface area contributed by atoms with Gasteiger partial charge in [-0.1, -0.05) is 35.9 Å². The molecule has 5 heteroatoms. The van der Waals surface area contributed by atoms with E-state index < -0.39 is 0 Å². The van der Waals surface area contributed by atoms with E-state index in [1.807, 2.05) is 50.2 Å². The van der Waals surface area contributed by atoms with Crippen molar-refractivity contribution in [2.24, 2.45) is 0 Å². The number of nitrogens with one attached hydrogen (secondary N) is 2. The van der Waals surface area contributed by atoms with Crippen LogP contribution in [-0.4, -0.2) is 25.5 Å². The largest absolute Gasteiger partial charge is 0.495 e. The number of amides is 2. The molecule has 0 heterocycles. The number of hydrogen-bond acceptors (Lipinski definition) is 3. The van der Waals surface area contributed by atoms with E-state index in [0.717, 1.165) is 16.7 Å². The van der Waals surface area contributed by atoms with Gasteiger partial charge in [-0.05, 0) is 37.1 Å². The van der Waals surface area contributed by atoms with Gasteiger partial charge in [0, 0.05) is 0 Å². The van der Waals surface area contributed by atoms with Crippen LogP contribution >= 0.6 is 0 Å². The van der Waals surface area contributed by atoms with Crippen LogP contribution in [-0.2, 0) is 16.0 Å². The summed E-state index contributed by atoms with van der Waals surface area (Å²) in [4.78, 5) is 23.9. The molecule has 0 aliphatic heterocycles. The first-order valence-corrected chi connectivity index (χ1v) is 7.74. The molecule has 0 fully saturated rings. The number of hydrogen-bond donors (Lipinski definition) is 2. The Balaban J connectivity index is 1.85. The van der Waals surface area contributed by atoms with Gasteiger partial charge in [0.1, 0.15) is 5.75 Å². The zero-order valence-electron chi connectivity index (χ0n) is 14.2. The van der Waals surface area contributed by atoms with Gasteiger partial charge in [0.05, 0.1) is 25.8 Å². The highest BCUT2D eigenvalue weighted by Gasteiger charge is 2.10. The topological polar surface area (TPSA) is 67.4 Å². The Hall–Kier alpha value is -2.82. The summed E-state index contributed by atoms with van der Waals surface area (Å²) in [6.07, 6.45) is 0.251. The molecule has 0 bridgehead atoms. The first-order valence-electron chi connectivity index (χ1n) is 7.74. The Morgan fingerprint density at radius 2 is 1.62 bits per heavy atom. The second-order valence-corrected chi connectivity index (χ2v) is 5.69. The molecule has 5 nitrogen and oxygen atoms in total. The third-order valence-corrected chi connectivity index (χ3v) is 3.56. The van der Waals surface area contributed by atoms with Gasteiger partial charge in [0.2, 0.25) is 11.8 Å². The van der Waals surface area contributed by atoms with Crippen molar-refractivity contribution >= 4 is 17.5 Å². The molecule has 2 aromatic carbocycles. The Morgan fingerprint density at radius 3 is 2.29 bits per heavy atom. The average molecular weight is 326 g/mol. The number of rotatable bonds is 6. The van der Waals surface area contributed by atoms with Crippen molar-refractivity contribution in [1.29, 1.82) is 0 Å². The molecule has 0 saturated heterocycles. The van der Waals surface area contributed by atoms with Crippen molar-refractivity contribution in [3.8, 4) is 5.75 Å². The van der Waals surface area contributed by atoms with Gasteiger partial charge in [-0.25, -0.2) is 0 Å². The molecule has 0 aliphatic rings. The smallest absolute Gasteiger partial charge is 0.243 e. The molecule has 0 unspecified atom stereocenters. The number of methoxy groups -OCH3 is 1. The summed E-state index contributed by atoms with van der Waals surface area (Å²) in [6.45, 7) is 3.84. The van der Waals surface area contributed by atoms with Crippen molar-refractivity contribution in [3.05, 3.63) is 59.2 Å². The molecular weight excluding hydrogens is 304 g/mol. The fourth-order valence-electron chi connectivity index (χ4n) is 2.25. The molecule has 24 heavy (non-hydrogen) atoms. The van der Waals surface area contributed by atoms with Gasteiger partial charge >= 0.3 is 0 Å². The lowest BCUT2D eigenvalue weighted by molar-refractivity contribution is -0.123. The molecule has 2 N–H and O–H groups in total. The van der Waals surface area contributed by atoms with E-state index in [4.69, 9.17) is 4.74 Å². The van der Waals surface area contributed by atoms with Gasteiger partial charge in [0.25, 0.3) is 0 Å².